The number of nitrogens with one attached hydrogen (secondary N) is 2. The number of anilines is 3. The van der Waals surface area contributed by atoms with E-state index >= 15 is 0 Å². The highest BCUT2D eigenvalue weighted by Gasteiger charge is 2.29. The molecule has 0 aliphatic carbocycles. The minimum atomic E-state index is -0.414. The van der Waals surface area contributed by atoms with Gasteiger partial charge in [-0.1, -0.05) is 19.8 Å². The van der Waals surface area contributed by atoms with E-state index in [-0.39, 0.29) is 11.5 Å². The molecule has 2 aromatic rings. The van der Waals surface area contributed by atoms with E-state index in [1.165, 1.54) is 25.5 Å². The maximum atomic E-state index is 11.8. The highest BCUT2D eigenvalue weighted by atomic mass is 16.6. The maximum Gasteiger partial charge on any atom is 0.353 e. The lowest BCUT2D eigenvalue weighted by atomic mass is 9.92. The number of nitrogens with zero attached hydrogens (tertiary/aromatic N) is 5. The molecule has 1 fully saturated rings. The van der Waals surface area contributed by atoms with E-state index in [4.69, 9.17) is 11.1 Å². The van der Waals surface area contributed by atoms with Crippen molar-refractivity contribution in [3.63, 3.8) is 0 Å². The van der Waals surface area contributed by atoms with Crippen molar-refractivity contribution < 1.29 is 4.92 Å². The Kier molecular flexibility index (Phi) is 8.67. The number of hydrogen-bond donors (Lipinski definition) is 3. The number of nitro groups is 1. The van der Waals surface area contributed by atoms with Crippen molar-refractivity contribution in [3.05, 3.63) is 40.7 Å². The molecule has 0 unspecified atom stereocenters. The van der Waals surface area contributed by atoms with Crippen molar-refractivity contribution in [2.75, 3.05) is 23.3 Å². The minimum Gasteiger partial charge on any atom is -0.390 e. The summed E-state index contributed by atoms with van der Waals surface area (Å²) in [6.45, 7) is 6.23. The van der Waals surface area contributed by atoms with Crippen LogP contribution in [0.1, 0.15) is 32.6 Å². The summed E-state index contributed by atoms with van der Waals surface area (Å²) in [5.74, 6) is 1.25. The zero-order valence-corrected chi connectivity index (χ0v) is 17.1. The van der Waals surface area contributed by atoms with Gasteiger partial charge in [-0.05, 0) is 49.7 Å². The molecule has 1 aromatic heterocycles. The molecule has 4 N–H and O–H groups in total. The Morgan fingerprint density at radius 3 is 2.57 bits per heavy atom. The topological polar surface area (TPSA) is 146 Å². The Hall–Kier alpha value is -3.56. The van der Waals surface area contributed by atoms with Crippen LogP contribution in [0.4, 0.5) is 28.7 Å². The molecule has 2 heterocycles. The maximum absolute atomic E-state index is 11.8. The van der Waals surface area contributed by atoms with Gasteiger partial charge in [-0.15, -0.1) is 0 Å². The van der Waals surface area contributed by atoms with Gasteiger partial charge in [-0.25, -0.2) is 15.0 Å². The highest BCUT2D eigenvalue weighted by Crippen LogP contribution is 2.36. The summed E-state index contributed by atoms with van der Waals surface area (Å²) >= 11 is 0. The number of aliphatic imine (C=N–C) groups is 1. The van der Waals surface area contributed by atoms with E-state index in [1.807, 2.05) is 4.90 Å². The van der Waals surface area contributed by atoms with Crippen molar-refractivity contribution in [3.8, 4) is 0 Å². The van der Waals surface area contributed by atoms with E-state index in [2.05, 4.69) is 33.9 Å². The van der Waals surface area contributed by atoms with Gasteiger partial charge in [-0.2, -0.15) is 0 Å². The Labute approximate surface area is 175 Å². The number of benzene rings is 1. The number of nitrogens with two attached hydrogens (primary N) is 1. The molecule has 0 atom stereocenters. The van der Waals surface area contributed by atoms with Crippen LogP contribution in [0.15, 0.2) is 35.6 Å². The van der Waals surface area contributed by atoms with Crippen LogP contribution in [0, 0.1) is 21.4 Å². The Balaban J connectivity index is 0.00000155. The normalized spacial score (nSPS) is 14.2. The van der Waals surface area contributed by atoms with Crippen LogP contribution in [0.3, 0.4) is 0 Å². The van der Waals surface area contributed by atoms with Gasteiger partial charge in [0.25, 0.3) is 0 Å². The molecule has 1 aliphatic heterocycles. The molecule has 1 aromatic carbocycles. The van der Waals surface area contributed by atoms with E-state index in [9.17, 15) is 10.1 Å². The lowest BCUT2D eigenvalue weighted by molar-refractivity contribution is -0.383. The molecular formula is C20H28N8O2. The number of aromatic nitrogens is 2. The molecule has 0 bridgehead atoms. The SMILES string of the molecule is C=N.CCCC1CCN(c2ncnc(Nc3ccc(N=CN)cc3)c2[N+](=O)[O-])CC1. The molecule has 1 saturated heterocycles. The van der Waals surface area contributed by atoms with Gasteiger partial charge in [0.15, 0.2) is 0 Å². The van der Waals surface area contributed by atoms with Gasteiger partial charge in [0.1, 0.15) is 6.33 Å². The summed E-state index contributed by atoms with van der Waals surface area (Å²) in [7, 11) is 0. The molecule has 10 heteroatoms. The fraction of sp³-hybridized carbons (Fsp3) is 0.400. The molecule has 0 spiro atoms. The van der Waals surface area contributed by atoms with Crippen LogP contribution in [0.25, 0.3) is 0 Å². The van der Waals surface area contributed by atoms with Crippen molar-refractivity contribution in [2.24, 2.45) is 16.6 Å². The second-order valence-corrected chi connectivity index (χ2v) is 6.82. The van der Waals surface area contributed by atoms with Gasteiger partial charge < -0.3 is 21.4 Å². The third-order valence-electron chi connectivity index (χ3n) is 4.95. The summed E-state index contributed by atoms with van der Waals surface area (Å²) < 4.78 is 0. The summed E-state index contributed by atoms with van der Waals surface area (Å²) in [5.41, 5.74) is 6.55. The minimum absolute atomic E-state index is 0.0968. The second-order valence-electron chi connectivity index (χ2n) is 6.82. The molecule has 1 aliphatic rings. The van der Waals surface area contributed by atoms with Gasteiger partial charge in [-0.3, -0.25) is 10.1 Å². The smallest absolute Gasteiger partial charge is 0.353 e. The molecule has 0 radical (unpaired) electrons. The lowest BCUT2D eigenvalue weighted by Crippen LogP contribution is -2.34. The quantitative estimate of drug-likeness (QED) is 0.269. The van der Waals surface area contributed by atoms with Crippen molar-refractivity contribution in [1.29, 1.82) is 5.41 Å². The van der Waals surface area contributed by atoms with Gasteiger partial charge in [0, 0.05) is 18.8 Å². The third kappa shape index (κ3) is 5.72. The number of rotatable bonds is 7. The van der Waals surface area contributed by atoms with Gasteiger partial charge in [0.2, 0.25) is 11.6 Å². The molecule has 0 amide bonds. The first-order chi connectivity index (χ1) is 14.6. The van der Waals surface area contributed by atoms with E-state index in [0.29, 0.717) is 23.1 Å². The zero-order valence-electron chi connectivity index (χ0n) is 17.1. The predicted molar refractivity (Wildman–Crippen MR) is 120 cm³/mol. The highest BCUT2D eigenvalue weighted by molar-refractivity contribution is 5.75. The number of piperidine rings is 1. The monoisotopic (exact) mass is 412 g/mol. The molecule has 3 rings (SSSR count). The Morgan fingerprint density at radius 2 is 2.00 bits per heavy atom. The summed E-state index contributed by atoms with van der Waals surface area (Å²) in [6, 6.07) is 7.06. The van der Waals surface area contributed by atoms with Crippen LogP contribution in [0.5, 0.6) is 0 Å². The van der Waals surface area contributed by atoms with E-state index in [0.717, 1.165) is 25.9 Å². The average Bonchev–Trinajstić information content (AvgIpc) is 2.77. The summed E-state index contributed by atoms with van der Waals surface area (Å²) in [4.78, 5) is 25.7. The van der Waals surface area contributed by atoms with Crippen molar-refractivity contribution >= 4 is 41.8 Å². The van der Waals surface area contributed by atoms with Crippen molar-refractivity contribution in [1.82, 2.24) is 9.97 Å². The standard InChI is InChI=1S/C19H25N7O2.CH3N/c1-2-3-14-8-10-25(11-9-14)19-17(26(27)28)18(22-13-23-19)24-16-6-4-15(5-7-16)21-12-20;1-2/h4-7,12-14H,2-3,8-11H2,1H3,(H2,20,21)(H,22,23,24);2H,1H2. The molecule has 30 heavy (non-hydrogen) atoms. The Morgan fingerprint density at radius 1 is 1.33 bits per heavy atom. The van der Waals surface area contributed by atoms with Crippen LogP contribution >= 0.6 is 0 Å². The average molecular weight is 412 g/mol. The van der Waals surface area contributed by atoms with Gasteiger partial charge >= 0.3 is 5.69 Å². The Bertz CT molecular complexity index is 848. The first-order valence-corrected chi connectivity index (χ1v) is 9.83. The summed E-state index contributed by atoms with van der Waals surface area (Å²) in [5, 5.41) is 20.3. The molecule has 10 nitrogen and oxygen atoms in total. The van der Waals surface area contributed by atoms with E-state index < -0.39 is 4.92 Å². The van der Waals surface area contributed by atoms with Crippen LogP contribution in [-0.2, 0) is 0 Å². The van der Waals surface area contributed by atoms with E-state index in [1.54, 1.807) is 24.3 Å². The zero-order chi connectivity index (χ0) is 21.9. The van der Waals surface area contributed by atoms with Crippen molar-refractivity contribution in [2.45, 2.75) is 32.6 Å². The van der Waals surface area contributed by atoms with Gasteiger partial charge in [0.05, 0.1) is 16.9 Å². The van der Waals surface area contributed by atoms with Crippen LogP contribution in [0.2, 0.25) is 0 Å². The molecule has 0 saturated carbocycles. The summed E-state index contributed by atoms with van der Waals surface area (Å²) in [6.07, 6.45) is 7.02. The molecule has 160 valence electrons. The number of hydrogen-bond acceptors (Lipinski definition) is 8. The predicted octanol–water partition coefficient (Wildman–Crippen LogP) is 4.03. The second kappa shape index (κ2) is 11.4. The third-order valence-corrected chi connectivity index (χ3v) is 4.95. The van der Waals surface area contributed by atoms with Crippen LogP contribution < -0.4 is 16.0 Å². The van der Waals surface area contributed by atoms with Crippen LogP contribution in [-0.4, -0.2) is 41.0 Å². The largest absolute Gasteiger partial charge is 0.390 e. The lowest BCUT2D eigenvalue weighted by Gasteiger charge is -2.32. The first kappa shape index (κ1) is 22.7. The molecular weight excluding hydrogens is 384 g/mol. The fourth-order valence-corrected chi connectivity index (χ4v) is 3.56. The first-order valence-electron chi connectivity index (χ1n) is 9.83. The fourth-order valence-electron chi connectivity index (χ4n) is 3.56.